The Balaban J connectivity index is 2.06. The summed E-state index contributed by atoms with van der Waals surface area (Å²) in [6, 6.07) is 9.34. The van der Waals surface area contributed by atoms with Crippen LogP contribution in [0.25, 0.3) is 0 Å². The van der Waals surface area contributed by atoms with Crippen LogP contribution in [0.3, 0.4) is 0 Å². The molecule has 1 saturated heterocycles. The zero-order chi connectivity index (χ0) is 15.2. The van der Waals surface area contributed by atoms with Crippen molar-refractivity contribution in [1.29, 1.82) is 0 Å². The standard InChI is InChI=1S/C19H31NO/c1-4-8-18-9-6-7-14-20(18)15(3)19(21)17-12-10-16(5-2)11-13-17/h10-13,15,18-19,21H,4-9,14H2,1-3H3. The Labute approximate surface area is 130 Å². The van der Waals surface area contributed by atoms with Crippen LogP contribution in [0, 0.1) is 0 Å². The van der Waals surface area contributed by atoms with E-state index < -0.39 is 0 Å². The van der Waals surface area contributed by atoms with E-state index in [0.29, 0.717) is 6.04 Å². The molecule has 3 atom stereocenters. The van der Waals surface area contributed by atoms with Crippen LogP contribution in [0.2, 0.25) is 0 Å². The van der Waals surface area contributed by atoms with Gasteiger partial charge in [0, 0.05) is 12.1 Å². The van der Waals surface area contributed by atoms with Crippen LogP contribution < -0.4 is 0 Å². The SMILES string of the molecule is CCCC1CCCCN1C(C)C(O)c1ccc(CC)cc1. The lowest BCUT2D eigenvalue weighted by Crippen LogP contribution is -2.47. The van der Waals surface area contributed by atoms with Gasteiger partial charge >= 0.3 is 0 Å². The van der Waals surface area contributed by atoms with Gasteiger partial charge in [0.15, 0.2) is 0 Å². The number of rotatable bonds is 6. The van der Waals surface area contributed by atoms with Crippen molar-refractivity contribution >= 4 is 0 Å². The van der Waals surface area contributed by atoms with Crippen LogP contribution in [0.15, 0.2) is 24.3 Å². The van der Waals surface area contributed by atoms with Gasteiger partial charge in [0.05, 0.1) is 6.10 Å². The van der Waals surface area contributed by atoms with Crippen molar-refractivity contribution in [3.05, 3.63) is 35.4 Å². The summed E-state index contributed by atoms with van der Waals surface area (Å²) in [6.07, 6.45) is 7.06. The number of aryl methyl sites for hydroxylation is 1. The molecule has 2 nitrogen and oxygen atoms in total. The van der Waals surface area contributed by atoms with Crippen molar-refractivity contribution in [1.82, 2.24) is 4.90 Å². The quantitative estimate of drug-likeness (QED) is 0.843. The Morgan fingerprint density at radius 3 is 2.52 bits per heavy atom. The first-order valence-corrected chi connectivity index (χ1v) is 8.70. The molecule has 0 radical (unpaired) electrons. The highest BCUT2D eigenvalue weighted by atomic mass is 16.3. The summed E-state index contributed by atoms with van der Waals surface area (Å²) in [4.78, 5) is 2.55. The van der Waals surface area contributed by atoms with Crippen LogP contribution in [-0.4, -0.2) is 28.6 Å². The molecule has 0 saturated carbocycles. The van der Waals surface area contributed by atoms with Crippen molar-refractivity contribution in [3.63, 3.8) is 0 Å². The molecule has 118 valence electrons. The van der Waals surface area contributed by atoms with Gasteiger partial charge in [0.1, 0.15) is 0 Å². The van der Waals surface area contributed by atoms with Gasteiger partial charge in [-0.1, -0.05) is 51.0 Å². The molecule has 1 aliphatic heterocycles. The summed E-state index contributed by atoms with van der Waals surface area (Å²) in [5.41, 5.74) is 2.39. The lowest BCUT2D eigenvalue weighted by atomic mass is 9.93. The summed E-state index contributed by atoms with van der Waals surface area (Å²) in [5.74, 6) is 0. The molecule has 0 bridgehead atoms. The van der Waals surface area contributed by atoms with E-state index >= 15 is 0 Å². The molecule has 1 N–H and O–H groups in total. The minimum Gasteiger partial charge on any atom is -0.387 e. The van der Waals surface area contributed by atoms with Crippen LogP contribution in [0.5, 0.6) is 0 Å². The van der Waals surface area contributed by atoms with Gasteiger partial charge in [-0.3, -0.25) is 4.90 Å². The molecule has 1 fully saturated rings. The number of likely N-dealkylation sites (tertiary alicyclic amines) is 1. The van der Waals surface area contributed by atoms with Gasteiger partial charge in [0.25, 0.3) is 0 Å². The molecule has 3 unspecified atom stereocenters. The zero-order valence-corrected chi connectivity index (χ0v) is 13.9. The Kier molecular flexibility index (Phi) is 6.25. The highest BCUT2D eigenvalue weighted by molar-refractivity contribution is 5.25. The second-order valence-electron chi connectivity index (χ2n) is 6.46. The van der Waals surface area contributed by atoms with Crippen LogP contribution >= 0.6 is 0 Å². The van der Waals surface area contributed by atoms with E-state index in [1.807, 2.05) is 0 Å². The fraction of sp³-hybridized carbons (Fsp3) is 0.684. The fourth-order valence-electron chi connectivity index (χ4n) is 3.61. The fourth-order valence-corrected chi connectivity index (χ4v) is 3.61. The van der Waals surface area contributed by atoms with Crippen molar-refractivity contribution in [2.24, 2.45) is 0 Å². The summed E-state index contributed by atoms with van der Waals surface area (Å²) in [7, 11) is 0. The molecular formula is C19H31NO. The number of aliphatic hydroxyl groups excluding tert-OH is 1. The highest BCUT2D eigenvalue weighted by Crippen LogP contribution is 2.29. The molecule has 2 rings (SSSR count). The number of hydrogen-bond acceptors (Lipinski definition) is 2. The Bertz CT molecular complexity index is 412. The van der Waals surface area contributed by atoms with Crippen LogP contribution in [-0.2, 0) is 6.42 Å². The first-order valence-electron chi connectivity index (χ1n) is 8.70. The largest absolute Gasteiger partial charge is 0.387 e. The summed E-state index contributed by atoms with van der Waals surface area (Å²) < 4.78 is 0. The van der Waals surface area contributed by atoms with E-state index in [4.69, 9.17) is 0 Å². The first kappa shape index (κ1) is 16.5. The molecule has 1 aliphatic rings. The molecule has 21 heavy (non-hydrogen) atoms. The highest BCUT2D eigenvalue weighted by Gasteiger charge is 2.30. The van der Waals surface area contributed by atoms with E-state index in [1.54, 1.807) is 0 Å². The summed E-state index contributed by atoms with van der Waals surface area (Å²) in [6.45, 7) is 7.75. The molecule has 0 spiro atoms. The van der Waals surface area contributed by atoms with Crippen LogP contribution in [0.4, 0.5) is 0 Å². The number of hydrogen-bond donors (Lipinski definition) is 1. The van der Waals surface area contributed by atoms with E-state index in [-0.39, 0.29) is 12.1 Å². The van der Waals surface area contributed by atoms with Crippen molar-refractivity contribution in [3.8, 4) is 0 Å². The third-order valence-corrected chi connectivity index (χ3v) is 5.00. The zero-order valence-electron chi connectivity index (χ0n) is 13.9. The predicted octanol–water partition coefficient (Wildman–Crippen LogP) is 4.33. The van der Waals surface area contributed by atoms with Gasteiger partial charge in [-0.05, 0) is 50.3 Å². The van der Waals surface area contributed by atoms with E-state index in [1.165, 1.54) is 37.7 Å². The monoisotopic (exact) mass is 289 g/mol. The molecule has 0 aliphatic carbocycles. The average Bonchev–Trinajstić information content (AvgIpc) is 2.54. The summed E-state index contributed by atoms with van der Waals surface area (Å²) in [5, 5.41) is 10.7. The van der Waals surface area contributed by atoms with Crippen LogP contribution in [0.1, 0.15) is 70.1 Å². The maximum absolute atomic E-state index is 10.7. The molecule has 1 heterocycles. The van der Waals surface area contributed by atoms with Crippen molar-refractivity contribution in [2.45, 2.75) is 77.5 Å². The summed E-state index contributed by atoms with van der Waals surface area (Å²) >= 11 is 0. The smallest absolute Gasteiger partial charge is 0.0942 e. The third-order valence-electron chi connectivity index (χ3n) is 5.00. The maximum Gasteiger partial charge on any atom is 0.0942 e. The van der Waals surface area contributed by atoms with E-state index in [0.717, 1.165) is 18.5 Å². The third kappa shape index (κ3) is 4.08. The number of piperidine rings is 1. The van der Waals surface area contributed by atoms with Gasteiger partial charge in [0.2, 0.25) is 0 Å². The van der Waals surface area contributed by atoms with E-state index in [2.05, 4.69) is 49.9 Å². The van der Waals surface area contributed by atoms with Gasteiger partial charge in [-0.2, -0.15) is 0 Å². The number of benzene rings is 1. The molecule has 0 amide bonds. The lowest BCUT2D eigenvalue weighted by molar-refractivity contribution is 0.0126. The van der Waals surface area contributed by atoms with E-state index in [9.17, 15) is 5.11 Å². The second kappa shape index (κ2) is 7.95. The Morgan fingerprint density at radius 1 is 1.19 bits per heavy atom. The second-order valence-corrected chi connectivity index (χ2v) is 6.46. The first-order chi connectivity index (χ1) is 10.2. The van der Waals surface area contributed by atoms with Gasteiger partial charge < -0.3 is 5.11 Å². The Morgan fingerprint density at radius 2 is 1.90 bits per heavy atom. The number of aliphatic hydroxyl groups is 1. The molecular weight excluding hydrogens is 258 g/mol. The van der Waals surface area contributed by atoms with Crippen molar-refractivity contribution in [2.75, 3.05) is 6.54 Å². The van der Waals surface area contributed by atoms with Crippen molar-refractivity contribution < 1.29 is 5.11 Å². The lowest BCUT2D eigenvalue weighted by Gasteiger charge is -2.41. The van der Waals surface area contributed by atoms with Gasteiger partial charge in [-0.15, -0.1) is 0 Å². The van der Waals surface area contributed by atoms with Gasteiger partial charge in [-0.25, -0.2) is 0 Å². The number of nitrogens with zero attached hydrogens (tertiary/aromatic N) is 1. The molecule has 1 aromatic carbocycles. The average molecular weight is 289 g/mol. The molecule has 2 heteroatoms. The minimum absolute atomic E-state index is 0.203. The molecule has 1 aromatic rings. The predicted molar refractivity (Wildman–Crippen MR) is 89.5 cm³/mol. The minimum atomic E-state index is -0.381. The normalized spacial score (nSPS) is 23.0. The Hall–Kier alpha value is -0.860. The molecule has 0 aromatic heterocycles. The maximum atomic E-state index is 10.7. The topological polar surface area (TPSA) is 23.5 Å².